The first-order chi connectivity index (χ1) is 15.7. The lowest BCUT2D eigenvalue weighted by atomic mass is 10.0. The maximum absolute atomic E-state index is 13.1. The number of nitrogens with one attached hydrogen (secondary N) is 1. The molecule has 2 fully saturated rings. The van der Waals surface area contributed by atoms with Gasteiger partial charge < -0.3 is 10.2 Å². The summed E-state index contributed by atoms with van der Waals surface area (Å²) in [4.78, 5) is 32.0. The van der Waals surface area contributed by atoms with Crippen molar-refractivity contribution < 1.29 is 22.8 Å². The second-order valence-electron chi connectivity index (χ2n) is 8.53. The van der Waals surface area contributed by atoms with Crippen LogP contribution in [-0.4, -0.2) is 34.3 Å². The number of hydrogen-bond donors (Lipinski definition) is 1. The summed E-state index contributed by atoms with van der Waals surface area (Å²) in [6.07, 6.45) is -2.05. The second-order valence-corrected chi connectivity index (χ2v) is 9.56. The molecular weight excluding hydrogens is 453 g/mol. The minimum absolute atomic E-state index is 0.0561. The molecule has 33 heavy (non-hydrogen) atoms. The van der Waals surface area contributed by atoms with Gasteiger partial charge in [0.05, 0.1) is 27.4 Å². The van der Waals surface area contributed by atoms with E-state index in [9.17, 15) is 22.8 Å². The Morgan fingerprint density at radius 3 is 2.55 bits per heavy atom. The molecule has 0 radical (unpaired) electrons. The molecule has 1 saturated carbocycles. The average Bonchev–Trinajstić information content (AvgIpc) is 3.25. The highest BCUT2D eigenvalue weighted by Crippen LogP contribution is 2.55. The Kier molecular flexibility index (Phi) is 4.90. The number of nitriles is 1. The summed E-state index contributed by atoms with van der Waals surface area (Å²) in [6.45, 7) is 0.471. The lowest BCUT2D eigenvalue weighted by Crippen LogP contribution is -2.43. The fourth-order valence-electron chi connectivity index (χ4n) is 4.24. The molecule has 6 nitrogen and oxygen atoms in total. The highest BCUT2D eigenvalue weighted by Gasteiger charge is 2.55. The fraction of sp³-hybridized carbons (Fsp3) is 0.304. The predicted molar refractivity (Wildman–Crippen MR) is 116 cm³/mol. The zero-order valence-corrected chi connectivity index (χ0v) is 18.0. The van der Waals surface area contributed by atoms with Crippen LogP contribution in [0.2, 0.25) is 0 Å². The van der Waals surface area contributed by atoms with Crippen molar-refractivity contribution in [3.05, 3.63) is 59.2 Å². The molecule has 2 aliphatic rings. The number of aromatic nitrogens is 1. The van der Waals surface area contributed by atoms with Gasteiger partial charge in [0.1, 0.15) is 6.04 Å². The van der Waals surface area contributed by atoms with Gasteiger partial charge in [0.15, 0.2) is 5.13 Å². The smallest absolute Gasteiger partial charge is 0.326 e. The van der Waals surface area contributed by atoms with E-state index in [2.05, 4.69) is 10.3 Å². The predicted octanol–water partition coefficient (Wildman–Crippen LogP) is 4.82. The van der Waals surface area contributed by atoms with Crippen LogP contribution in [0.25, 0.3) is 10.2 Å². The number of likely N-dealkylation sites (tertiary alicyclic amines) is 1. The fourth-order valence-corrected chi connectivity index (χ4v) is 5.15. The summed E-state index contributed by atoms with van der Waals surface area (Å²) in [5.74, 6) is -0.696. The van der Waals surface area contributed by atoms with Crippen LogP contribution in [0.15, 0.2) is 42.5 Å². The zero-order valence-electron chi connectivity index (χ0n) is 17.1. The molecule has 0 unspecified atom stereocenters. The molecule has 1 atom stereocenters. The van der Waals surface area contributed by atoms with E-state index in [0.29, 0.717) is 34.3 Å². The number of fused-ring (bicyclic) bond motifs is 1. The van der Waals surface area contributed by atoms with Crippen LogP contribution in [0.5, 0.6) is 0 Å². The molecule has 1 aliphatic carbocycles. The normalized spacial score (nSPS) is 19.0. The number of hydrogen-bond acceptors (Lipinski definition) is 5. The van der Waals surface area contributed by atoms with Gasteiger partial charge in [-0.25, -0.2) is 4.98 Å². The number of alkyl halides is 3. The first-order valence-electron chi connectivity index (χ1n) is 10.3. The lowest BCUT2D eigenvalue weighted by Gasteiger charge is -2.23. The van der Waals surface area contributed by atoms with Crippen molar-refractivity contribution in [3.63, 3.8) is 0 Å². The number of halogens is 3. The molecule has 2 amide bonds. The summed E-state index contributed by atoms with van der Waals surface area (Å²) >= 11 is 0.963. The number of amides is 2. The summed E-state index contributed by atoms with van der Waals surface area (Å²) in [6, 6.07) is 10.8. The van der Waals surface area contributed by atoms with Crippen molar-refractivity contribution in [2.75, 3.05) is 11.9 Å². The number of carbonyl (C=O) groups excluding carboxylic acids is 2. The minimum atomic E-state index is -4.46. The average molecular weight is 470 g/mol. The maximum atomic E-state index is 13.1. The molecule has 1 spiro atoms. The summed E-state index contributed by atoms with van der Waals surface area (Å²) < 4.78 is 39.2. The van der Waals surface area contributed by atoms with Crippen molar-refractivity contribution in [3.8, 4) is 6.07 Å². The Labute approximate surface area is 190 Å². The van der Waals surface area contributed by atoms with E-state index in [4.69, 9.17) is 5.26 Å². The molecule has 1 aliphatic heterocycles. The number of thiazole rings is 1. The summed E-state index contributed by atoms with van der Waals surface area (Å²) in [5.41, 5.74) is 0.357. The van der Waals surface area contributed by atoms with Crippen molar-refractivity contribution in [2.24, 2.45) is 5.41 Å². The van der Waals surface area contributed by atoms with Gasteiger partial charge in [0.25, 0.3) is 5.91 Å². The number of anilines is 1. The first kappa shape index (κ1) is 21.4. The Bertz CT molecular complexity index is 1310. The van der Waals surface area contributed by atoms with Gasteiger partial charge in [-0.1, -0.05) is 11.3 Å². The molecule has 1 aromatic heterocycles. The second kappa shape index (κ2) is 7.56. The van der Waals surface area contributed by atoms with Crippen LogP contribution >= 0.6 is 11.3 Å². The van der Waals surface area contributed by atoms with Gasteiger partial charge in [-0.05, 0) is 67.1 Å². The number of benzene rings is 2. The van der Waals surface area contributed by atoms with Crippen molar-refractivity contribution in [1.29, 1.82) is 5.26 Å². The SMILES string of the molecule is N#Cc1ccc(C(=O)N2CC3(CC3)C[C@@H]2C(=O)Nc2nc3ccc(C(F)(F)F)cc3s2)cc1. The molecule has 2 aromatic carbocycles. The maximum Gasteiger partial charge on any atom is 0.416 e. The molecule has 2 heterocycles. The lowest BCUT2D eigenvalue weighted by molar-refractivity contribution is -0.137. The highest BCUT2D eigenvalue weighted by molar-refractivity contribution is 7.22. The van der Waals surface area contributed by atoms with Crippen molar-refractivity contribution in [1.82, 2.24) is 9.88 Å². The highest BCUT2D eigenvalue weighted by atomic mass is 32.1. The van der Waals surface area contributed by atoms with Crippen LogP contribution in [0.1, 0.15) is 40.7 Å². The van der Waals surface area contributed by atoms with E-state index in [1.807, 2.05) is 6.07 Å². The quantitative estimate of drug-likeness (QED) is 0.595. The number of rotatable bonds is 3. The summed E-state index contributed by atoms with van der Waals surface area (Å²) in [7, 11) is 0. The van der Waals surface area contributed by atoms with Gasteiger partial charge in [0, 0.05) is 12.1 Å². The minimum Gasteiger partial charge on any atom is -0.326 e. The van der Waals surface area contributed by atoms with Crippen LogP contribution in [-0.2, 0) is 11.0 Å². The molecule has 1 N–H and O–H groups in total. The van der Waals surface area contributed by atoms with E-state index < -0.39 is 23.7 Å². The Balaban J connectivity index is 1.37. The number of carbonyl (C=O) groups is 2. The Morgan fingerprint density at radius 1 is 1.18 bits per heavy atom. The molecule has 10 heteroatoms. The molecule has 5 rings (SSSR count). The third kappa shape index (κ3) is 4.04. The van der Waals surface area contributed by atoms with E-state index in [0.717, 1.165) is 36.3 Å². The monoisotopic (exact) mass is 470 g/mol. The molecule has 3 aromatic rings. The van der Waals surface area contributed by atoms with Crippen LogP contribution in [0, 0.1) is 16.7 Å². The summed E-state index contributed by atoms with van der Waals surface area (Å²) in [5, 5.41) is 11.9. The zero-order chi connectivity index (χ0) is 23.4. The van der Waals surface area contributed by atoms with Gasteiger partial charge in [-0.2, -0.15) is 18.4 Å². The number of nitrogens with zero attached hydrogens (tertiary/aromatic N) is 3. The molecule has 0 bridgehead atoms. The Hall–Kier alpha value is -3.45. The van der Waals surface area contributed by atoms with Crippen LogP contribution in [0.4, 0.5) is 18.3 Å². The van der Waals surface area contributed by atoms with Crippen LogP contribution in [0.3, 0.4) is 0 Å². The van der Waals surface area contributed by atoms with Crippen molar-refractivity contribution >= 4 is 38.5 Å². The topological polar surface area (TPSA) is 86.1 Å². The van der Waals surface area contributed by atoms with E-state index in [1.165, 1.54) is 6.07 Å². The largest absolute Gasteiger partial charge is 0.416 e. The standard InChI is InChI=1S/C23H17F3N4O2S/c24-23(25,26)15-5-6-16-18(9-15)33-21(28-16)29-19(31)17-10-22(7-8-22)12-30(17)20(32)14-3-1-13(11-27)2-4-14/h1-6,9,17H,7-8,10,12H2,(H,28,29,31)/t17-/m1/s1. The van der Waals surface area contributed by atoms with Crippen molar-refractivity contribution in [2.45, 2.75) is 31.5 Å². The van der Waals surface area contributed by atoms with Gasteiger partial charge >= 0.3 is 6.18 Å². The molecule has 1 saturated heterocycles. The third-order valence-electron chi connectivity index (χ3n) is 6.24. The van der Waals surface area contributed by atoms with Gasteiger partial charge in [-0.15, -0.1) is 0 Å². The first-order valence-corrected chi connectivity index (χ1v) is 11.1. The van der Waals surface area contributed by atoms with Gasteiger partial charge in [0.2, 0.25) is 5.91 Å². The molecular formula is C23H17F3N4O2S. The Morgan fingerprint density at radius 2 is 1.91 bits per heavy atom. The molecule has 168 valence electrons. The van der Waals surface area contributed by atoms with Gasteiger partial charge in [-0.3, -0.25) is 9.59 Å². The van der Waals surface area contributed by atoms with E-state index in [1.54, 1.807) is 29.2 Å². The van der Waals surface area contributed by atoms with Crippen LogP contribution < -0.4 is 5.32 Å². The van der Waals surface area contributed by atoms with E-state index >= 15 is 0 Å². The van der Waals surface area contributed by atoms with E-state index in [-0.39, 0.29) is 16.5 Å². The third-order valence-corrected chi connectivity index (χ3v) is 7.17.